The molecule has 37 heavy (non-hydrogen) atoms. The molecule has 0 N–H and O–H groups in total. The molecule has 0 unspecified atom stereocenters. The zero-order valence-corrected chi connectivity index (χ0v) is 23.0. The lowest BCUT2D eigenvalue weighted by atomic mass is 9.96. The summed E-state index contributed by atoms with van der Waals surface area (Å²) in [5.41, 5.74) is 0.728. The maximum absolute atomic E-state index is 13.8. The van der Waals surface area contributed by atoms with Gasteiger partial charge in [0.25, 0.3) is 0 Å². The first-order valence-electron chi connectivity index (χ1n) is 12.5. The first kappa shape index (κ1) is 27.4. The number of likely N-dealkylation sites (N-methyl/N-ethyl adjacent to an activating group) is 1. The topological polar surface area (TPSA) is 83.0 Å². The predicted octanol–water partition coefficient (Wildman–Crippen LogP) is 4.22. The molecule has 3 aromatic rings. The van der Waals surface area contributed by atoms with Gasteiger partial charge in [-0.2, -0.15) is 4.31 Å². The molecule has 2 heterocycles. The minimum absolute atomic E-state index is 0.0380. The van der Waals surface area contributed by atoms with E-state index in [4.69, 9.17) is 9.72 Å². The largest absolute Gasteiger partial charge is 0.494 e. The fraction of sp³-hybridized carbons (Fsp3) is 0.462. The average molecular weight is 549 g/mol. The second-order valence-corrected chi connectivity index (χ2v) is 11.9. The highest BCUT2D eigenvalue weighted by Crippen LogP contribution is 2.35. The van der Waals surface area contributed by atoms with Gasteiger partial charge in [-0.3, -0.25) is 9.69 Å². The zero-order valence-electron chi connectivity index (χ0n) is 21.4. The van der Waals surface area contributed by atoms with Crippen LogP contribution in [0.1, 0.15) is 26.7 Å². The van der Waals surface area contributed by atoms with Gasteiger partial charge in [-0.1, -0.05) is 31.3 Å². The van der Waals surface area contributed by atoms with Crippen molar-refractivity contribution in [3.8, 4) is 5.75 Å². The Labute approximate surface area is 221 Å². The molecule has 1 saturated heterocycles. The van der Waals surface area contributed by atoms with Crippen LogP contribution < -0.4 is 9.64 Å². The number of nitrogens with zero attached hydrogens (tertiary/aromatic N) is 4. The van der Waals surface area contributed by atoms with Crippen molar-refractivity contribution in [2.24, 2.45) is 5.92 Å². The van der Waals surface area contributed by atoms with Crippen molar-refractivity contribution >= 4 is 42.6 Å². The molecule has 0 atom stereocenters. The van der Waals surface area contributed by atoms with Crippen LogP contribution in [0.5, 0.6) is 5.75 Å². The van der Waals surface area contributed by atoms with Gasteiger partial charge in [0.2, 0.25) is 15.9 Å². The molecule has 0 spiro atoms. The standard InChI is InChI=1S/C26H33FN4O4S2/c1-4-29(5-2)17-18-31(26-28-24-22(35-3)7-6-8-23(24)36-26)25(32)19-13-15-30(16-14-19)37(33,34)21-11-9-20(27)10-12-21/h6-12,19H,4-5,13-18H2,1-3H3. The molecule has 0 aliphatic carbocycles. The first-order valence-corrected chi connectivity index (χ1v) is 14.8. The van der Waals surface area contributed by atoms with E-state index in [1.54, 1.807) is 12.0 Å². The number of halogens is 1. The Hall–Kier alpha value is -2.60. The quantitative estimate of drug-likeness (QED) is 0.377. The van der Waals surface area contributed by atoms with Crippen LogP contribution in [0.4, 0.5) is 9.52 Å². The van der Waals surface area contributed by atoms with Crippen molar-refractivity contribution in [3.05, 3.63) is 48.3 Å². The van der Waals surface area contributed by atoms with Gasteiger partial charge in [-0.15, -0.1) is 0 Å². The highest BCUT2D eigenvalue weighted by molar-refractivity contribution is 7.89. The summed E-state index contributed by atoms with van der Waals surface area (Å²) in [6.07, 6.45) is 0.824. The van der Waals surface area contributed by atoms with Crippen LogP contribution in [0, 0.1) is 11.7 Å². The monoisotopic (exact) mass is 548 g/mol. The number of benzene rings is 2. The molecular formula is C26H33FN4O4S2. The number of aromatic nitrogens is 1. The summed E-state index contributed by atoms with van der Waals surface area (Å²) in [6.45, 7) is 7.62. The van der Waals surface area contributed by atoms with Crippen molar-refractivity contribution in [2.45, 2.75) is 31.6 Å². The van der Waals surface area contributed by atoms with Gasteiger partial charge in [-0.25, -0.2) is 17.8 Å². The Morgan fingerprint density at radius 3 is 2.41 bits per heavy atom. The van der Waals surface area contributed by atoms with E-state index in [1.165, 1.54) is 27.8 Å². The van der Waals surface area contributed by atoms with Crippen molar-refractivity contribution in [1.82, 2.24) is 14.2 Å². The molecule has 1 aromatic heterocycles. The fourth-order valence-corrected chi connectivity index (χ4v) is 7.08. The first-order chi connectivity index (χ1) is 17.8. The highest BCUT2D eigenvalue weighted by Gasteiger charge is 2.35. The third-order valence-corrected chi connectivity index (χ3v) is 9.83. The van der Waals surface area contributed by atoms with E-state index in [2.05, 4.69) is 18.7 Å². The molecule has 0 bridgehead atoms. The summed E-state index contributed by atoms with van der Waals surface area (Å²) < 4.78 is 47.1. The minimum atomic E-state index is -3.74. The van der Waals surface area contributed by atoms with Crippen LogP contribution in [-0.4, -0.2) is 74.9 Å². The molecule has 11 heteroatoms. The number of fused-ring (bicyclic) bond motifs is 1. The number of para-hydroxylation sites is 1. The van der Waals surface area contributed by atoms with Gasteiger partial charge in [0.15, 0.2) is 5.13 Å². The van der Waals surface area contributed by atoms with Gasteiger partial charge in [0, 0.05) is 32.1 Å². The van der Waals surface area contributed by atoms with Crippen LogP contribution >= 0.6 is 11.3 Å². The summed E-state index contributed by atoms with van der Waals surface area (Å²) in [5, 5.41) is 0.623. The van der Waals surface area contributed by atoms with Gasteiger partial charge in [0.05, 0.1) is 16.7 Å². The maximum Gasteiger partial charge on any atom is 0.243 e. The number of carbonyl (C=O) groups is 1. The lowest BCUT2D eigenvalue weighted by Crippen LogP contribution is -2.46. The average Bonchev–Trinajstić information content (AvgIpc) is 3.35. The van der Waals surface area contributed by atoms with Gasteiger partial charge < -0.3 is 9.64 Å². The molecule has 8 nitrogen and oxygen atoms in total. The number of amides is 1. The van der Waals surface area contributed by atoms with Crippen LogP contribution in [0.2, 0.25) is 0 Å². The number of rotatable bonds is 10. The molecule has 200 valence electrons. The van der Waals surface area contributed by atoms with Gasteiger partial charge >= 0.3 is 0 Å². The summed E-state index contributed by atoms with van der Waals surface area (Å²) in [4.78, 5) is 22.7. The number of methoxy groups -OCH3 is 1. The van der Waals surface area contributed by atoms with Gasteiger partial charge in [0.1, 0.15) is 17.1 Å². The van der Waals surface area contributed by atoms with Crippen LogP contribution in [0.15, 0.2) is 47.4 Å². The molecule has 2 aromatic carbocycles. The lowest BCUT2D eigenvalue weighted by Gasteiger charge is -2.33. The highest BCUT2D eigenvalue weighted by atomic mass is 32.2. The van der Waals surface area contributed by atoms with E-state index in [9.17, 15) is 17.6 Å². The molecule has 0 radical (unpaired) electrons. The Morgan fingerprint density at radius 1 is 1.11 bits per heavy atom. The number of ether oxygens (including phenoxy) is 1. The summed E-state index contributed by atoms with van der Waals surface area (Å²) in [6, 6.07) is 10.6. The van der Waals surface area contributed by atoms with Crippen molar-refractivity contribution < 1.29 is 22.3 Å². The fourth-order valence-electron chi connectivity index (χ4n) is 4.59. The summed E-state index contributed by atoms with van der Waals surface area (Å²) in [5.74, 6) is -0.176. The van der Waals surface area contributed by atoms with Crippen LogP contribution in [-0.2, 0) is 14.8 Å². The molecule has 1 aliphatic heterocycles. The van der Waals surface area contributed by atoms with E-state index in [0.717, 1.165) is 35.4 Å². The van der Waals surface area contributed by atoms with E-state index in [0.29, 0.717) is 36.8 Å². The van der Waals surface area contributed by atoms with Gasteiger partial charge in [-0.05, 0) is 62.3 Å². The van der Waals surface area contributed by atoms with E-state index in [1.807, 2.05) is 18.2 Å². The molecule has 0 saturated carbocycles. The second-order valence-electron chi connectivity index (χ2n) is 8.95. The number of anilines is 1. The van der Waals surface area contributed by atoms with Crippen LogP contribution in [0.3, 0.4) is 0 Å². The van der Waals surface area contributed by atoms with Crippen molar-refractivity contribution in [3.63, 3.8) is 0 Å². The number of hydrogen-bond donors (Lipinski definition) is 0. The molecule has 1 fully saturated rings. The third kappa shape index (κ3) is 5.95. The predicted molar refractivity (Wildman–Crippen MR) is 144 cm³/mol. The Bertz CT molecular complexity index is 1320. The number of piperidine rings is 1. The Balaban J connectivity index is 1.53. The Kier molecular flexibility index (Phi) is 8.79. The minimum Gasteiger partial charge on any atom is -0.494 e. The third-order valence-electron chi connectivity index (χ3n) is 6.88. The van der Waals surface area contributed by atoms with E-state index in [-0.39, 0.29) is 29.8 Å². The van der Waals surface area contributed by atoms with E-state index < -0.39 is 15.8 Å². The summed E-state index contributed by atoms with van der Waals surface area (Å²) >= 11 is 1.46. The number of carbonyl (C=O) groups excluding carboxylic acids is 1. The second kappa shape index (κ2) is 11.8. The summed E-state index contributed by atoms with van der Waals surface area (Å²) in [7, 11) is -2.14. The Morgan fingerprint density at radius 2 is 1.78 bits per heavy atom. The smallest absolute Gasteiger partial charge is 0.243 e. The maximum atomic E-state index is 13.8. The van der Waals surface area contributed by atoms with E-state index >= 15 is 0 Å². The molecule has 4 rings (SSSR count). The zero-order chi connectivity index (χ0) is 26.6. The molecule has 1 aliphatic rings. The van der Waals surface area contributed by atoms with Crippen molar-refractivity contribution in [1.29, 1.82) is 0 Å². The molecule has 1 amide bonds. The normalized spacial score (nSPS) is 15.4. The number of hydrogen-bond acceptors (Lipinski definition) is 7. The number of thiazole rings is 1. The van der Waals surface area contributed by atoms with Crippen LogP contribution in [0.25, 0.3) is 10.2 Å². The SMILES string of the molecule is CCN(CC)CCN(C(=O)C1CCN(S(=O)(=O)c2ccc(F)cc2)CC1)c1nc2c(OC)cccc2s1. The molecular weight excluding hydrogens is 515 g/mol. The van der Waals surface area contributed by atoms with Crippen molar-refractivity contribution in [2.75, 3.05) is 51.3 Å². The lowest BCUT2D eigenvalue weighted by molar-refractivity contribution is -0.123. The number of sulfonamides is 1.